The lowest BCUT2D eigenvalue weighted by molar-refractivity contribution is -0.136. The van der Waals surface area contributed by atoms with Crippen LogP contribution in [0.2, 0.25) is 0 Å². The topological polar surface area (TPSA) is 91.4 Å². The molecule has 0 spiro atoms. The molecule has 0 bridgehead atoms. The Hall–Kier alpha value is -2.65. The fourth-order valence-electron chi connectivity index (χ4n) is 4.15. The maximum atomic E-state index is 13.3. The highest BCUT2D eigenvalue weighted by Crippen LogP contribution is 2.32. The first-order chi connectivity index (χ1) is 16.1. The van der Waals surface area contributed by atoms with Gasteiger partial charge in [-0.15, -0.1) is 0 Å². The van der Waals surface area contributed by atoms with Crippen LogP contribution in [-0.4, -0.2) is 99.1 Å². The predicted octanol–water partition coefficient (Wildman–Crippen LogP) is 1.93. The molecule has 1 saturated carbocycles. The fourth-order valence-corrected chi connectivity index (χ4v) is 4.15. The summed E-state index contributed by atoms with van der Waals surface area (Å²) in [6.07, 6.45) is 1.57. The van der Waals surface area contributed by atoms with Crippen LogP contribution in [0.15, 0.2) is 18.2 Å². The Bertz CT molecular complexity index is 901. The molecule has 0 unspecified atom stereocenters. The van der Waals surface area contributed by atoms with Gasteiger partial charge in [0.2, 0.25) is 11.8 Å². The van der Waals surface area contributed by atoms with E-state index in [4.69, 9.17) is 9.47 Å². The molecule has 1 heterocycles. The molecule has 9 nitrogen and oxygen atoms in total. The van der Waals surface area contributed by atoms with E-state index in [2.05, 4.69) is 5.32 Å². The third kappa shape index (κ3) is 6.48. The van der Waals surface area contributed by atoms with Gasteiger partial charge in [0.05, 0.1) is 24.3 Å². The molecule has 3 amide bonds. The second-order valence-corrected chi connectivity index (χ2v) is 9.86. The molecule has 2 aliphatic rings. The summed E-state index contributed by atoms with van der Waals surface area (Å²) >= 11 is 0. The van der Waals surface area contributed by atoms with Crippen LogP contribution in [0.4, 0.5) is 5.69 Å². The quantitative estimate of drug-likeness (QED) is 0.701. The minimum absolute atomic E-state index is 0.00715. The van der Waals surface area contributed by atoms with E-state index in [1.54, 1.807) is 37.3 Å². The number of amides is 3. The number of ether oxygens (including phenoxy) is 2. The van der Waals surface area contributed by atoms with Gasteiger partial charge in [0, 0.05) is 50.8 Å². The monoisotopic (exact) mass is 474 g/mol. The molecule has 9 heteroatoms. The lowest BCUT2D eigenvalue weighted by Gasteiger charge is -2.36. The first kappa shape index (κ1) is 26.0. The number of benzene rings is 1. The number of carbonyl (C=O) groups is 3. The van der Waals surface area contributed by atoms with Crippen LogP contribution in [0, 0.1) is 11.8 Å². The Morgan fingerprint density at radius 1 is 1.21 bits per heavy atom. The number of carbonyl (C=O) groups excluding carboxylic acids is 3. The number of anilines is 1. The Kier molecular flexibility index (Phi) is 8.54. The highest BCUT2D eigenvalue weighted by molar-refractivity contribution is 5.99. The first-order valence-electron chi connectivity index (χ1n) is 11.9. The van der Waals surface area contributed by atoms with E-state index in [0.29, 0.717) is 36.6 Å². The second kappa shape index (κ2) is 11.2. The first-order valence-corrected chi connectivity index (χ1v) is 11.9. The fraction of sp³-hybridized carbons (Fsp3) is 0.640. The van der Waals surface area contributed by atoms with E-state index in [1.807, 2.05) is 37.7 Å². The van der Waals surface area contributed by atoms with E-state index in [-0.39, 0.29) is 48.3 Å². The summed E-state index contributed by atoms with van der Waals surface area (Å²) in [5, 5.41) is 2.91. The zero-order valence-corrected chi connectivity index (χ0v) is 21.2. The van der Waals surface area contributed by atoms with Crippen molar-refractivity contribution in [2.45, 2.75) is 38.8 Å². The molecule has 1 fully saturated rings. The summed E-state index contributed by atoms with van der Waals surface area (Å²) in [5.74, 6) is 0.280. The summed E-state index contributed by atoms with van der Waals surface area (Å²) < 4.78 is 11.9. The average Bonchev–Trinajstić information content (AvgIpc) is 3.63. The lowest BCUT2D eigenvalue weighted by Crippen LogP contribution is -2.50. The smallest absolute Gasteiger partial charge is 0.257 e. The third-order valence-electron chi connectivity index (χ3n) is 6.43. The van der Waals surface area contributed by atoms with Crippen molar-refractivity contribution in [1.82, 2.24) is 14.7 Å². The molecule has 0 radical (unpaired) electrons. The van der Waals surface area contributed by atoms with Crippen molar-refractivity contribution in [2.24, 2.45) is 11.8 Å². The Morgan fingerprint density at radius 2 is 1.91 bits per heavy atom. The molecule has 1 aromatic carbocycles. The molecule has 1 aromatic rings. The van der Waals surface area contributed by atoms with Gasteiger partial charge in [-0.3, -0.25) is 14.4 Å². The highest BCUT2D eigenvalue weighted by Gasteiger charge is 2.32. The SMILES string of the molecule is CO[C@H]1CN(C)C(=O)c2ccc(NC(=O)C3CC3)cc2OC[C@@H](C)N(C(=O)CN(C)C)C[C@H]1C. The predicted molar refractivity (Wildman–Crippen MR) is 130 cm³/mol. The number of fused-ring (bicyclic) bond motifs is 1. The van der Waals surface area contributed by atoms with Gasteiger partial charge < -0.3 is 29.5 Å². The molecule has 1 aliphatic carbocycles. The summed E-state index contributed by atoms with van der Waals surface area (Å²) in [7, 11) is 7.10. The molecule has 3 atom stereocenters. The van der Waals surface area contributed by atoms with Gasteiger partial charge in [0.1, 0.15) is 12.4 Å². The molecule has 188 valence electrons. The van der Waals surface area contributed by atoms with Crippen LogP contribution in [0.5, 0.6) is 5.75 Å². The van der Waals surface area contributed by atoms with Crippen LogP contribution in [0.1, 0.15) is 37.0 Å². The van der Waals surface area contributed by atoms with Gasteiger partial charge in [-0.1, -0.05) is 6.92 Å². The van der Waals surface area contributed by atoms with Gasteiger partial charge in [0.15, 0.2) is 0 Å². The lowest BCUT2D eigenvalue weighted by atomic mass is 10.0. The van der Waals surface area contributed by atoms with Gasteiger partial charge in [-0.05, 0) is 46.0 Å². The summed E-state index contributed by atoms with van der Waals surface area (Å²) in [5.41, 5.74) is 1.00. The molecule has 0 saturated heterocycles. The van der Waals surface area contributed by atoms with Gasteiger partial charge >= 0.3 is 0 Å². The molecule has 34 heavy (non-hydrogen) atoms. The van der Waals surface area contributed by atoms with E-state index in [0.717, 1.165) is 12.8 Å². The normalized spacial score (nSPS) is 24.1. The van der Waals surface area contributed by atoms with Crippen LogP contribution in [0.25, 0.3) is 0 Å². The summed E-state index contributed by atoms with van der Waals surface area (Å²) in [6.45, 7) is 5.35. The second-order valence-electron chi connectivity index (χ2n) is 9.86. The average molecular weight is 475 g/mol. The number of likely N-dealkylation sites (N-methyl/N-ethyl adjacent to an activating group) is 2. The zero-order chi connectivity index (χ0) is 25.0. The van der Waals surface area contributed by atoms with Crippen molar-refractivity contribution in [3.05, 3.63) is 23.8 Å². The Morgan fingerprint density at radius 3 is 2.53 bits per heavy atom. The number of nitrogens with zero attached hydrogens (tertiary/aromatic N) is 3. The molecule has 1 N–H and O–H groups in total. The van der Waals surface area contributed by atoms with Crippen LogP contribution in [-0.2, 0) is 14.3 Å². The van der Waals surface area contributed by atoms with Gasteiger partial charge in [-0.2, -0.15) is 0 Å². The van der Waals surface area contributed by atoms with Crippen molar-refractivity contribution in [3.63, 3.8) is 0 Å². The number of methoxy groups -OCH3 is 1. The number of rotatable bonds is 5. The summed E-state index contributed by atoms with van der Waals surface area (Å²) in [6, 6.07) is 4.89. The molecular weight excluding hydrogens is 436 g/mol. The number of nitrogens with one attached hydrogen (secondary N) is 1. The summed E-state index contributed by atoms with van der Waals surface area (Å²) in [4.78, 5) is 43.9. The van der Waals surface area contributed by atoms with Crippen molar-refractivity contribution < 1.29 is 23.9 Å². The van der Waals surface area contributed by atoms with E-state index >= 15 is 0 Å². The van der Waals surface area contributed by atoms with Crippen molar-refractivity contribution in [1.29, 1.82) is 0 Å². The molecule has 3 rings (SSSR count). The third-order valence-corrected chi connectivity index (χ3v) is 6.43. The standard InChI is InChI=1S/C25H38N4O5/c1-16-12-29(23(30)14-27(3)4)17(2)15-34-21-11-19(26-24(31)18-7-8-18)9-10-20(21)25(32)28(5)13-22(16)33-6/h9-11,16-18,22H,7-8,12-15H2,1-6H3,(H,26,31)/t16-,17-,22+/m1/s1. The van der Waals surface area contributed by atoms with E-state index < -0.39 is 0 Å². The largest absolute Gasteiger partial charge is 0.491 e. The van der Waals surface area contributed by atoms with Crippen molar-refractivity contribution >= 4 is 23.4 Å². The van der Waals surface area contributed by atoms with Crippen molar-refractivity contribution in [3.8, 4) is 5.75 Å². The van der Waals surface area contributed by atoms with Gasteiger partial charge in [0.25, 0.3) is 5.91 Å². The zero-order valence-electron chi connectivity index (χ0n) is 21.2. The van der Waals surface area contributed by atoms with E-state index in [1.165, 1.54) is 0 Å². The molecule has 1 aliphatic heterocycles. The van der Waals surface area contributed by atoms with Crippen LogP contribution >= 0.6 is 0 Å². The highest BCUT2D eigenvalue weighted by atomic mass is 16.5. The van der Waals surface area contributed by atoms with Crippen LogP contribution in [0.3, 0.4) is 0 Å². The number of hydrogen-bond acceptors (Lipinski definition) is 6. The number of hydrogen-bond donors (Lipinski definition) is 1. The molecule has 0 aromatic heterocycles. The van der Waals surface area contributed by atoms with Crippen molar-refractivity contribution in [2.75, 3.05) is 59.8 Å². The van der Waals surface area contributed by atoms with E-state index in [9.17, 15) is 14.4 Å². The van der Waals surface area contributed by atoms with Gasteiger partial charge in [-0.25, -0.2) is 0 Å². The maximum absolute atomic E-state index is 13.3. The maximum Gasteiger partial charge on any atom is 0.257 e. The van der Waals surface area contributed by atoms with Crippen LogP contribution < -0.4 is 10.1 Å². The Balaban J connectivity index is 1.92. The molecular formula is C25H38N4O5. The minimum atomic E-state index is -0.239. The Labute approximate surface area is 202 Å². The minimum Gasteiger partial charge on any atom is -0.491 e.